The molecule has 0 aliphatic rings. The largest absolute Gasteiger partial charge is 0.485 e. The third-order valence-electron chi connectivity index (χ3n) is 4.41. The van der Waals surface area contributed by atoms with Crippen molar-refractivity contribution < 1.29 is 19.1 Å². The van der Waals surface area contributed by atoms with E-state index in [0.717, 1.165) is 16.6 Å². The molecule has 3 rings (SSSR count). The fraction of sp³-hybridized carbons (Fsp3) is 0.238. The van der Waals surface area contributed by atoms with Gasteiger partial charge in [-0.25, -0.2) is 4.79 Å². The maximum absolute atomic E-state index is 12.3. The summed E-state index contributed by atoms with van der Waals surface area (Å²) >= 11 is 0. The zero-order valence-electron chi connectivity index (χ0n) is 15.1. The third kappa shape index (κ3) is 3.33. The Hall–Kier alpha value is -3.08. The van der Waals surface area contributed by atoms with Crippen LogP contribution in [-0.4, -0.2) is 29.5 Å². The Kier molecular flexibility index (Phi) is 5.07. The summed E-state index contributed by atoms with van der Waals surface area (Å²) in [6, 6.07) is 14.5. The van der Waals surface area contributed by atoms with Gasteiger partial charge in [0.1, 0.15) is 5.75 Å². The zero-order valence-corrected chi connectivity index (χ0v) is 15.1. The molecule has 1 aromatic heterocycles. The van der Waals surface area contributed by atoms with Crippen molar-refractivity contribution in [2.24, 2.45) is 7.05 Å². The van der Waals surface area contributed by atoms with E-state index in [1.165, 1.54) is 0 Å². The Balaban J connectivity index is 1.87. The Labute approximate surface area is 152 Å². The number of hydrogen-bond donors (Lipinski definition) is 0. The molecular weight excluding hydrogens is 330 g/mol. The molecule has 1 heterocycles. The van der Waals surface area contributed by atoms with Gasteiger partial charge in [-0.1, -0.05) is 30.3 Å². The van der Waals surface area contributed by atoms with Crippen LogP contribution in [0.1, 0.15) is 33.3 Å². The number of ether oxygens (including phenoxy) is 2. The fourth-order valence-electron chi connectivity index (χ4n) is 2.96. The molecule has 26 heavy (non-hydrogen) atoms. The van der Waals surface area contributed by atoms with E-state index in [-0.39, 0.29) is 18.4 Å². The quantitative estimate of drug-likeness (QED) is 0.499. The van der Waals surface area contributed by atoms with Crippen LogP contribution in [0.5, 0.6) is 5.75 Å². The predicted molar refractivity (Wildman–Crippen MR) is 99.9 cm³/mol. The van der Waals surface area contributed by atoms with E-state index in [4.69, 9.17) is 9.47 Å². The lowest BCUT2D eigenvalue weighted by atomic mass is 10.1. The minimum atomic E-state index is -0.354. The highest BCUT2D eigenvalue weighted by Gasteiger charge is 2.20. The van der Waals surface area contributed by atoms with Crippen molar-refractivity contribution >= 4 is 22.7 Å². The van der Waals surface area contributed by atoms with Crippen molar-refractivity contribution in [3.63, 3.8) is 0 Å². The van der Waals surface area contributed by atoms with Crippen LogP contribution in [0, 0.1) is 6.92 Å². The van der Waals surface area contributed by atoms with Crippen LogP contribution in [0.25, 0.3) is 10.9 Å². The number of carbonyl (C=O) groups is 2. The molecule has 0 saturated carbocycles. The summed E-state index contributed by atoms with van der Waals surface area (Å²) < 4.78 is 12.8. The molecule has 0 fully saturated rings. The van der Waals surface area contributed by atoms with Gasteiger partial charge in [0.25, 0.3) is 0 Å². The third-order valence-corrected chi connectivity index (χ3v) is 4.41. The van der Waals surface area contributed by atoms with Gasteiger partial charge < -0.3 is 14.0 Å². The van der Waals surface area contributed by atoms with E-state index in [1.807, 2.05) is 42.8 Å². The maximum Gasteiger partial charge on any atom is 0.340 e. The van der Waals surface area contributed by atoms with E-state index in [2.05, 4.69) is 0 Å². The van der Waals surface area contributed by atoms with Crippen LogP contribution in [0.4, 0.5) is 0 Å². The van der Waals surface area contributed by atoms with Gasteiger partial charge in [0.05, 0.1) is 12.2 Å². The van der Waals surface area contributed by atoms with Crippen LogP contribution in [0.2, 0.25) is 0 Å². The van der Waals surface area contributed by atoms with Gasteiger partial charge in [0.2, 0.25) is 0 Å². The molecule has 0 aliphatic carbocycles. The molecule has 0 amide bonds. The lowest BCUT2D eigenvalue weighted by Crippen LogP contribution is -2.11. The van der Waals surface area contributed by atoms with E-state index in [9.17, 15) is 9.59 Å². The summed E-state index contributed by atoms with van der Waals surface area (Å²) in [6.07, 6.45) is 0. The highest BCUT2D eigenvalue weighted by molar-refractivity contribution is 6.06. The van der Waals surface area contributed by atoms with Gasteiger partial charge in [-0.3, -0.25) is 4.79 Å². The van der Waals surface area contributed by atoms with Gasteiger partial charge in [-0.05, 0) is 32.0 Å². The molecule has 2 aromatic carbocycles. The smallest absolute Gasteiger partial charge is 0.340 e. The molecule has 0 unspecified atom stereocenters. The van der Waals surface area contributed by atoms with Crippen molar-refractivity contribution in [3.05, 3.63) is 65.4 Å². The second kappa shape index (κ2) is 7.44. The highest BCUT2D eigenvalue weighted by Crippen LogP contribution is 2.29. The van der Waals surface area contributed by atoms with Crippen LogP contribution >= 0.6 is 0 Å². The number of aryl methyl sites for hydroxylation is 1. The van der Waals surface area contributed by atoms with E-state index < -0.39 is 0 Å². The lowest BCUT2D eigenvalue weighted by Gasteiger charge is -2.07. The molecule has 3 aromatic rings. The number of aromatic nitrogens is 1. The SMILES string of the molecule is CCOC(=O)c1c(C)n(C)c2ccc(OCC(=O)c3ccccc3)cc12. The Morgan fingerprint density at radius 2 is 1.81 bits per heavy atom. The van der Waals surface area contributed by atoms with Crippen LogP contribution in [-0.2, 0) is 11.8 Å². The summed E-state index contributed by atoms with van der Waals surface area (Å²) in [5.74, 6) is 0.0894. The van der Waals surface area contributed by atoms with E-state index >= 15 is 0 Å². The topological polar surface area (TPSA) is 57.5 Å². The van der Waals surface area contributed by atoms with E-state index in [0.29, 0.717) is 23.5 Å². The summed E-state index contributed by atoms with van der Waals surface area (Å²) in [6.45, 7) is 3.92. The van der Waals surface area contributed by atoms with E-state index in [1.54, 1.807) is 31.2 Å². The predicted octanol–water partition coefficient (Wildman–Crippen LogP) is 3.93. The monoisotopic (exact) mass is 351 g/mol. The first-order chi connectivity index (χ1) is 12.5. The molecule has 5 heteroatoms. The van der Waals surface area contributed by atoms with Crippen molar-refractivity contribution in [2.75, 3.05) is 13.2 Å². The number of rotatable bonds is 6. The molecule has 0 aliphatic heterocycles. The average molecular weight is 351 g/mol. The van der Waals surface area contributed by atoms with Crippen LogP contribution in [0.15, 0.2) is 48.5 Å². The molecule has 0 radical (unpaired) electrons. The second-order valence-electron chi connectivity index (χ2n) is 6.00. The Morgan fingerprint density at radius 1 is 1.08 bits per heavy atom. The number of nitrogens with zero attached hydrogens (tertiary/aromatic N) is 1. The maximum atomic E-state index is 12.3. The first kappa shape index (κ1) is 17.7. The van der Waals surface area contributed by atoms with Gasteiger partial charge >= 0.3 is 5.97 Å². The summed E-state index contributed by atoms with van der Waals surface area (Å²) in [5, 5.41) is 0.758. The molecule has 0 saturated heterocycles. The zero-order chi connectivity index (χ0) is 18.7. The van der Waals surface area contributed by atoms with Crippen molar-refractivity contribution in [1.29, 1.82) is 0 Å². The molecule has 0 bridgehead atoms. The Morgan fingerprint density at radius 3 is 2.50 bits per heavy atom. The molecule has 5 nitrogen and oxygen atoms in total. The first-order valence-corrected chi connectivity index (χ1v) is 8.50. The number of fused-ring (bicyclic) bond motifs is 1. The summed E-state index contributed by atoms with van der Waals surface area (Å²) in [7, 11) is 1.90. The number of esters is 1. The van der Waals surface area contributed by atoms with Gasteiger partial charge in [-0.2, -0.15) is 0 Å². The lowest BCUT2D eigenvalue weighted by molar-refractivity contribution is 0.0527. The van der Waals surface area contributed by atoms with Crippen LogP contribution < -0.4 is 4.74 Å². The van der Waals surface area contributed by atoms with Gasteiger partial charge in [0, 0.05) is 29.2 Å². The normalized spacial score (nSPS) is 10.7. The highest BCUT2D eigenvalue weighted by atomic mass is 16.5. The number of ketones is 1. The molecule has 0 atom stereocenters. The fourth-order valence-corrected chi connectivity index (χ4v) is 2.96. The summed E-state index contributed by atoms with van der Waals surface area (Å²) in [4.78, 5) is 24.5. The molecule has 134 valence electrons. The standard InChI is InChI=1S/C21H21NO4/c1-4-25-21(24)20-14(2)22(3)18-11-10-16(12-17(18)20)26-13-19(23)15-8-6-5-7-9-15/h5-12H,4,13H2,1-3H3. The van der Waals surface area contributed by atoms with Crippen LogP contribution in [0.3, 0.4) is 0 Å². The molecule has 0 spiro atoms. The first-order valence-electron chi connectivity index (χ1n) is 8.50. The number of benzene rings is 2. The number of hydrogen-bond acceptors (Lipinski definition) is 4. The minimum absolute atomic E-state index is 0.0594. The summed E-state index contributed by atoms with van der Waals surface area (Å²) in [5.41, 5.74) is 2.88. The number of Topliss-reactive ketones (excluding diaryl/α,β-unsaturated/α-hetero) is 1. The Bertz CT molecular complexity index is 957. The van der Waals surface area contributed by atoms with Gasteiger partial charge in [-0.15, -0.1) is 0 Å². The minimum Gasteiger partial charge on any atom is -0.485 e. The average Bonchev–Trinajstić information content (AvgIpc) is 2.91. The second-order valence-corrected chi connectivity index (χ2v) is 6.00. The molecule has 0 N–H and O–H groups in total. The van der Waals surface area contributed by atoms with Gasteiger partial charge in [0.15, 0.2) is 12.4 Å². The number of carbonyl (C=O) groups excluding carboxylic acids is 2. The molecular formula is C21H21NO4. The van der Waals surface area contributed by atoms with Crippen molar-refractivity contribution in [2.45, 2.75) is 13.8 Å². The van der Waals surface area contributed by atoms with Crippen molar-refractivity contribution in [3.8, 4) is 5.75 Å². The van der Waals surface area contributed by atoms with Crippen molar-refractivity contribution in [1.82, 2.24) is 4.57 Å².